The van der Waals surface area contributed by atoms with Crippen molar-refractivity contribution in [3.63, 3.8) is 0 Å². The number of rotatable bonds is 6. The molecule has 1 radical (unpaired) electrons. The first-order valence-corrected chi connectivity index (χ1v) is 6.35. The van der Waals surface area contributed by atoms with Crippen molar-refractivity contribution < 1.29 is 48.9 Å². The van der Waals surface area contributed by atoms with Gasteiger partial charge in [-0.15, -0.1) is 0 Å². The number of ketones is 6. The summed E-state index contributed by atoms with van der Waals surface area (Å²) in [5.74, 6) is -0.375. The Morgan fingerprint density at radius 1 is 0.409 bits per heavy atom. The molecule has 0 N–H and O–H groups in total. The summed E-state index contributed by atoms with van der Waals surface area (Å²) in [6, 6.07) is 0. The molecule has 0 saturated carbocycles. The molecule has 0 aromatic carbocycles. The van der Waals surface area contributed by atoms with E-state index < -0.39 is 0 Å². The fraction of sp³-hybridized carbons (Fsp3) is 0.600. The van der Waals surface area contributed by atoms with Gasteiger partial charge in [-0.1, -0.05) is 0 Å². The van der Waals surface area contributed by atoms with E-state index in [9.17, 15) is 28.8 Å². The first-order chi connectivity index (χ1) is 9.38. The van der Waals surface area contributed by atoms with Crippen molar-refractivity contribution in [3.8, 4) is 0 Å². The fourth-order valence-electron chi connectivity index (χ4n) is 1.05. The first kappa shape index (κ1) is 28.8. The Balaban J connectivity index is -0.000000108. The van der Waals surface area contributed by atoms with Crippen LogP contribution in [0.2, 0.25) is 0 Å². The summed E-state index contributed by atoms with van der Waals surface area (Å²) in [6.45, 7) is 8.42. The van der Waals surface area contributed by atoms with Crippen molar-refractivity contribution in [2.45, 2.75) is 60.8 Å². The molecule has 0 spiro atoms. The molecule has 22 heavy (non-hydrogen) atoms. The van der Waals surface area contributed by atoms with Crippen LogP contribution >= 0.6 is 0 Å². The van der Waals surface area contributed by atoms with Gasteiger partial charge in [0.15, 0.2) is 0 Å². The minimum Gasteiger partial charge on any atom is -0.300 e. The molecule has 0 saturated heterocycles. The van der Waals surface area contributed by atoms with Crippen molar-refractivity contribution in [1.82, 2.24) is 0 Å². The standard InChI is InChI=1S/3C5H8O2.Ir/c3*1-4(6)3-5(2)7;/h3*3H2,1-2H3;. The molecule has 0 aromatic rings. The van der Waals surface area contributed by atoms with Gasteiger partial charge in [0.05, 0.1) is 19.3 Å². The van der Waals surface area contributed by atoms with Gasteiger partial charge in [-0.2, -0.15) is 0 Å². The number of hydrogen-bond donors (Lipinski definition) is 0. The van der Waals surface area contributed by atoms with Gasteiger partial charge in [0.2, 0.25) is 0 Å². The maximum atomic E-state index is 10.0. The second-order valence-electron chi connectivity index (χ2n) is 4.74. The minimum absolute atomic E-state index is 0. The summed E-state index contributed by atoms with van der Waals surface area (Å²) >= 11 is 0. The molecule has 0 aliphatic rings. The summed E-state index contributed by atoms with van der Waals surface area (Å²) in [6.07, 6.45) is 0.250. The van der Waals surface area contributed by atoms with Gasteiger partial charge in [-0.05, 0) is 41.5 Å². The third-order valence-electron chi connectivity index (χ3n) is 1.49. The number of hydrogen-bond acceptors (Lipinski definition) is 6. The third-order valence-corrected chi connectivity index (χ3v) is 1.49. The summed E-state index contributed by atoms with van der Waals surface area (Å²) in [7, 11) is 0. The smallest absolute Gasteiger partial charge is 0.137 e. The Hall–Kier alpha value is -1.33. The van der Waals surface area contributed by atoms with Crippen molar-refractivity contribution in [1.29, 1.82) is 0 Å². The minimum atomic E-state index is -0.0625. The van der Waals surface area contributed by atoms with Gasteiger partial charge < -0.3 is 0 Å². The average Bonchev–Trinajstić information content (AvgIpc) is 2.10. The largest absolute Gasteiger partial charge is 0.300 e. The molecule has 0 rings (SSSR count). The molecular formula is C15H24IrO6. The second kappa shape index (κ2) is 17.7. The summed E-state index contributed by atoms with van der Waals surface area (Å²) in [5.41, 5.74) is 0. The second-order valence-corrected chi connectivity index (χ2v) is 4.74. The summed E-state index contributed by atoms with van der Waals surface area (Å²) in [5, 5.41) is 0. The third kappa shape index (κ3) is 51.2. The topological polar surface area (TPSA) is 102 Å². The van der Waals surface area contributed by atoms with Crippen LogP contribution in [0.5, 0.6) is 0 Å². The Morgan fingerprint density at radius 2 is 0.500 bits per heavy atom. The van der Waals surface area contributed by atoms with Gasteiger partial charge in [0, 0.05) is 20.1 Å². The Morgan fingerprint density at radius 3 is 0.500 bits per heavy atom. The zero-order chi connectivity index (χ0) is 17.6. The van der Waals surface area contributed by atoms with Crippen LogP contribution in [0.25, 0.3) is 0 Å². The van der Waals surface area contributed by atoms with E-state index in [4.69, 9.17) is 0 Å². The molecular weight excluding hydrogens is 468 g/mol. The van der Waals surface area contributed by atoms with Gasteiger partial charge in [0.25, 0.3) is 0 Å². The molecule has 0 aromatic heterocycles. The van der Waals surface area contributed by atoms with E-state index >= 15 is 0 Å². The van der Waals surface area contributed by atoms with Crippen LogP contribution in [0.15, 0.2) is 0 Å². The number of Topliss-reactive ketones (excluding diaryl/α,β-unsaturated/α-hetero) is 6. The van der Waals surface area contributed by atoms with Crippen LogP contribution in [-0.2, 0) is 48.9 Å². The van der Waals surface area contributed by atoms with E-state index in [-0.39, 0.29) is 74.1 Å². The van der Waals surface area contributed by atoms with Crippen LogP contribution in [0.1, 0.15) is 60.8 Å². The quantitative estimate of drug-likeness (QED) is 0.523. The molecule has 0 bridgehead atoms. The van der Waals surface area contributed by atoms with Crippen molar-refractivity contribution in [2.75, 3.05) is 0 Å². The molecule has 129 valence electrons. The van der Waals surface area contributed by atoms with E-state index in [0.717, 1.165) is 0 Å². The average molecular weight is 493 g/mol. The first-order valence-electron chi connectivity index (χ1n) is 6.35. The molecule has 7 heteroatoms. The van der Waals surface area contributed by atoms with E-state index in [2.05, 4.69) is 0 Å². The maximum Gasteiger partial charge on any atom is 0.137 e. The van der Waals surface area contributed by atoms with E-state index in [1.54, 1.807) is 0 Å². The predicted molar refractivity (Wildman–Crippen MR) is 77.9 cm³/mol. The zero-order valence-corrected chi connectivity index (χ0v) is 16.3. The summed E-state index contributed by atoms with van der Waals surface area (Å²) in [4.78, 5) is 60.2. The van der Waals surface area contributed by atoms with E-state index in [0.29, 0.717) is 0 Å². The van der Waals surface area contributed by atoms with Gasteiger partial charge in [-0.25, -0.2) is 0 Å². The Bertz CT molecular complexity index is 314. The molecule has 0 fully saturated rings. The molecule has 0 aliphatic heterocycles. The predicted octanol–water partition coefficient (Wildman–Crippen LogP) is 1.66. The molecule has 0 unspecified atom stereocenters. The van der Waals surface area contributed by atoms with Gasteiger partial charge in [0.1, 0.15) is 34.7 Å². The van der Waals surface area contributed by atoms with Crippen LogP contribution in [0.3, 0.4) is 0 Å². The molecule has 6 nitrogen and oxygen atoms in total. The molecule has 0 heterocycles. The molecule has 0 amide bonds. The van der Waals surface area contributed by atoms with Crippen LogP contribution in [-0.4, -0.2) is 34.7 Å². The van der Waals surface area contributed by atoms with Gasteiger partial charge in [-0.3, -0.25) is 28.8 Å². The van der Waals surface area contributed by atoms with Crippen LogP contribution in [0.4, 0.5) is 0 Å². The van der Waals surface area contributed by atoms with Crippen LogP contribution < -0.4 is 0 Å². The van der Waals surface area contributed by atoms with Crippen molar-refractivity contribution in [3.05, 3.63) is 0 Å². The monoisotopic (exact) mass is 493 g/mol. The van der Waals surface area contributed by atoms with Crippen molar-refractivity contribution >= 4 is 34.7 Å². The molecule has 0 atom stereocenters. The van der Waals surface area contributed by atoms with Crippen LogP contribution in [0, 0.1) is 0 Å². The fourth-order valence-corrected chi connectivity index (χ4v) is 1.05. The Labute approximate surface area is 144 Å². The normalized spacial score (nSPS) is 7.91. The number of carbonyl (C=O) groups excluding carboxylic acids is 6. The zero-order valence-electron chi connectivity index (χ0n) is 13.9. The van der Waals surface area contributed by atoms with Gasteiger partial charge >= 0.3 is 0 Å². The van der Waals surface area contributed by atoms with Crippen molar-refractivity contribution in [2.24, 2.45) is 0 Å². The molecule has 0 aliphatic carbocycles. The maximum absolute atomic E-state index is 10.0. The SMILES string of the molecule is CC(=O)CC(C)=O.CC(=O)CC(C)=O.CC(=O)CC(C)=O.[Ir]. The Kier molecular flexibility index (Phi) is 23.2. The summed E-state index contributed by atoms with van der Waals surface area (Å²) < 4.78 is 0. The van der Waals surface area contributed by atoms with E-state index in [1.807, 2.05) is 0 Å². The van der Waals surface area contributed by atoms with E-state index in [1.165, 1.54) is 41.5 Å². The number of carbonyl (C=O) groups is 6.